The minimum absolute atomic E-state index is 0.0625. The number of rotatable bonds is 9. The van der Waals surface area contributed by atoms with Gasteiger partial charge in [0.1, 0.15) is 23.8 Å². The van der Waals surface area contributed by atoms with Crippen LogP contribution in [-0.2, 0) is 14.8 Å². The van der Waals surface area contributed by atoms with Gasteiger partial charge in [-0.15, -0.1) is 0 Å². The Balaban J connectivity index is 1.97. The Morgan fingerprint density at radius 1 is 0.912 bits per heavy atom. The van der Waals surface area contributed by atoms with E-state index in [2.05, 4.69) is 5.32 Å². The molecule has 0 radical (unpaired) electrons. The topological polar surface area (TPSA) is 94.2 Å². The van der Waals surface area contributed by atoms with Crippen molar-refractivity contribution in [2.75, 3.05) is 37.5 Å². The van der Waals surface area contributed by atoms with Gasteiger partial charge in [-0.1, -0.05) is 29.3 Å². The summed E-state index contributed by atoms with van der Waals surface area (Å²) in [7, 11) is 0.326. The molecule has 0 aliphatic carbocycles. The van der Waals surface area contributed by atoms with Gasteiger partial charge in [-0.25, -0.2) is 8.42 Å². The third kappa shape index (κ3) is 5.55. The molecule has 34 heavy (non-hydrogen) atoms. The van der Waals surface area contributed by atoms with Crippen molar-refractivity contribution >= 4 is 38.9 Å². The van der Waals surface area contributed by atoms with Crippen LogP contribution < -0.4 is 23.8 Å². The average Bonchev–Trinajstić information content (AvgIpc) is 2.83. The van der Waals surface area contributed by atoms with E-state index in [1.165, 1.54) is 45.6 Å². The summed E-state index contributed by atoms with van der Waals surface area (Å²) in [5, 5.41) is 2.99. The average molecular weight is 505 g/mol. The van der Waals surface area contributed by atoms with Crippen LogP contribution in [0.15, 0.2) is 65.6 Å². The predicted molar refractivity (Wildman–Crippen MR) is 132 cm³/mol. The van der Waals surface area contributed by atoms with Crippen molar-refractivity contribution in [3.63, 3.8) is 0 Å². The van der Waals surface area contributed by atoms with Gasteiger partial charge in [0.2, 0.25) is 5.91 Å². The summed E-state index contributed by atoms with van der Waals surface area (Å²) in [6.45, 7) is 1.37. The minimum Gasteiger partial charge on any atom is -0.497 e. The van der Waals surface area contributed by atoms with Crippen LogP contribution >= 0.6 is 11.6 Å². The fourth-order valence-electron chi connectivity index (χ4n) is 3.18. The summed E-state index contributed by atoms with van der Waals surface area (Å²) in [6, 6.07) is 15.8. The lowest BCUT2D eigenvalue weighted by atomic mass is 10.2. The molecule has 0 aromatic heterocycles. The first-order valence-corrected chi connectivity index (χ1v) is 12.0. The normalized spacial score (nSPS) is 11.0. The summed E-state index contributed by atoms with van der Waals surface area (Å²) < 4.78 is 43.7. The van der Waals surface area contributed by atoms with E-state index < -0.39 is 22.5 Å². The number of carbonyl (C=O) groups excluding carboxylic acids is 1. The van der Waals surface area contributed by atoms with Gasteiger partial charge in [0.25, 0.3) is 10.0 Å². The summed E-state index contributed by atoms with van der Waals surface area (Å²) in [4.78, 5) is 13.1. The Hall–Kier alpha value is -3.43. The molecule has 3 rings (SSSR count). The van der Waals surface area contributed by atoms with Gasteiger partial charge in [0, 0.05) is 12.1 Å². The van der Waals surface area contributed by atoms with Crippen LogP contribution in [0.1, 0.15) is 5.56 Å². The third-order valence-electron chi connectivity index (χ3n) is 5.00. The van der Waals surface area contributed by atoms with E-state index in [1.807, 2.05) is 6.92 Å². The number of hydrogen-bond acceptors (Lipinski definition) is 6. The summed E-state index contributed by atoms with van der Waals surface area (Å²) >= 11 is 6.13. The maximum atomic E-state index is 13.5. The van der Waals surface area contributed by atoms with Gasteiger partial charge in [-0.2, -0.15) is 0 Å². The van der Waals surface area contributed by atoms with Gasteiger partial charge in [0.15, 0.2) is 0 Å². The van der Waals surface area contributed by atoms with E-state index in [-0.39, 0.29) is 10.6 Å². The highest BCUT2D eigenvalue weighted by Gasteiger charge is 2.28. The largest absolute Gasteiger partial charge is 0.497 e. The van der Waals surface area contributed by atoms with E-state index >= 15 is 0 Å². The van der Waals surface area contributed by atoms with E-state index in [0.717, 1.165) is 9.87 Å². The lowest BCUT2D eigenvalue weighted by Gasteiger charge is -2.24. The van der Waals surface area contributed by atoms with E-state index in [9.17, 15) is 13.2 Å². The second-order valence-electron chi connectivity index (χ2n) is 7.26. The van der Waals surface area contributed by atoms with Crippen LogP contribution in [-0.4, -0.2) is 42.2 Å². The molecule has 0 bridgehead atoms. The number of sulfonamides is 1. The highest BCUT2D eigenvalue weighted by atomic mass is 35.5. The molecule has 3 aromatic rings. The molecule has 0 fully saturated rings. The highest BCUT2D eigenvalue weighted by Crippen LogP contribution is 2.36. The number of hydrogen-bond donors (Lipinski definition) is 1. The lowest BCUT2D eigenvalue weighted by molar-refractivity contribution is -0.114. The summed E-state index contributed by atoms with van der Waals surface area (Å²) in [5.41, 5.74) is 1.50. The first-order valence-electron chi connectivity index (χ1n) is 10.1. The third-order valence-corrected chi connectivity index (χ3v) is 7.09. The Kier molecular flexibility index (Phi) is 7.90. The van der Waals surface area contributed by atoms with Gasteiger partial charge < -0.3 is 19.5 Å². The Morgan fingerprint density at radius 2 is 1.53 bits per heavy atom. The molecule has 0 spiro atoms. The smallest absolute Gasteiger partial charge is 0.264 e. The fraction of sp³-hybridized carbons (Fsp3) is 0.208. The van der Waals surface area contributed by atoms with Gasteiger partial charge >= 0.3 is 0 Å². The molecule has 10 heteroatoms. The van der Waals surface area contributed by atoms with Gasteiger partial charge in [-0.05, 0) is 43.3 Å². The molecule has 0 aliphatic rings. The number of amides is 1. The quantitative estimate of drug-likeness (QED) is 0.461. The Bertz CT molecular complexity index is 1260. The molecular formula is C24H25ClN2O6S. The van der Waals surface area contributed by atoms with Gasteiger partial charge in [0.05, 0.1) is 42.6 Å². The second kappa shape index (κ2) is 10.7. The van der Waals surface area contributed by atoms with Crippen molar-refractivity contribution in [1.29, 1.82) is 0 Å². The zero-order chi connectivity index (χ0) is 24.9. The lowest BCUT2D eigenvalue weighted by Crippen LogP contribution is -2.38. The molecule has 0 saturated heterocycles. The number of methoxy groups -OCH3 is 3. The number of carbonyl (C=O) groups is 1. The summed E-state index contributed by atoms with van der Waals surface area (Å²) in [6.07, 6.45) is 0. The zero-order valence-electron chi connectivity index (χ0n) is 19.2. The van der Waals surface area contributed by atoms with Crippen LogP contribution in [0.2, 0.25) is 5.02 Å². The van der Waals surface area contributed by atoms with Crippen molar-refractivity contribution in [2.45, 2.75) is 11.8 Å². The highest BCUT2D eigenvalue weighted by molar-refractivity contribution is 7.92. The molecule has 3 aromatic carbocycles. The van der Waals surface area contributed by atoms with E-state index in [1.54, 1.807) is 36.4 Å². The fourth-order valence-corrected chi connectivity index (χ4v) is 4.83. The number of aryl methyl sites for hydroxylation is 1. The molecule has 1 amide bonds. The molecule has 8 nitrogen and oxygen atoms in total. The minimum atomic E-state index is -4.06. The van der Waals surface area contributed by atoms with Crippen LogP contribution in [0.3, 0.4) is 0 Å². The molecule has 0 aliphatic heterocycles. The van der Waals surface area contributed by atoms with E-state index in [4.69, 9.17) is 25.8 Å². The second-order valence-corrected chi connectivity index (χ2v) is 9.53. The number of nitrogens with one attached hydrogen (secondary N) is 1. The Morgan fingerprint density at radius 3 is 2.09 bits per heavy atom. The molecule has 180 valence electrons. The molecular weight excluding hydrogens is 480 g/mol. The SMILES string of the molecule is COc1ccc(N(CC(=O)Nc2cc(OC)c(Cl)cc2OC)S(=O)(=O)c2ccc(C)cc2)cc1. The maximum absolute atomic E-state index is 13.5. The van der Waals surface area contributed by atoms with Crippen LogP contribution in [0.5, 0.6) is 17.2 Å². The van der Waals surface area contributed by atoms with Crippen molar-refractivity contribution < 1.29 is 27.4 Å². The number of anilines is 2. The van der Waals surface area contributed by atoms with Crippen LogP contribution in [0.25, 0.3) is 0 Å². The number of nitrogens with zero attached hydrogens (tertiary/aromatic N) is 1. The number of halogens is 1. The molecule has 0 saturated carbocycles. The first kappa shape index (κ1) is 25.2. The first-order chi connectivity index (χ1) is 16.2. The predicted octanol–water partition coefficient (Wildman–Crippen LogP) is 4.51. The van der Waals surface area contributed by atoms with Crippen molar-refractivity contribution in [3.8, 4) is 17.2 Å². The van der Waals surface area contributed by atoms with Crippen molar-refractivity contribution in [2.24, 2.45) is 0 Å². The summed E-state index contributed by atoms with van der Waals surface area (Å²) in [5.74, 6) is 0.599. The van der Waals surface area contributed by atoms with Crippen molar-refractivity contribution in [1.82, 2.24) is 0 Å². The monoisotopic (exact) mass is 504 g/mol. The standard InChI is InChI=1S/C24H25ClN2O6S/c1-16-5-11-19(12-6-16)34(29,30)27(17-7-9-18(31-2)10-8-17)15-24(28)26-21-14-22(32-3)20(25)13-23(21)33-4/h5-14H,15H2,1-4H3,(H,26,28). The molecule has 0 heterocycles. The van der Waals surface area contributed by atoms with Crippen LogP contribution in [0, 0.1) is 6.92 Å². The molecule has 1 N–H and O–H groups in total. The Labute approximate surface area is 204 Å². The zero-order valence-corrected chi connectivity index (χ0v) is 20.7. The molecule has 0 atom stereocenters. The van der Waals surface area contributed by atoms with Crippen LogP contribution in [0.4, 0.5) is 11.4 Å². The van der Waals surface area contributed by atoms with Crippen molar-refractivity contribution in [3.05, 3.63) is 71.2 Å². The van der Waals surface area contributed by atoms with E-state index in [0.29, 0.717) is 28.0 Å². The molecule has 0 unspecified atom stereocenters. The maximum Gasteiger partial charge on any atom is 0.264 e. The number of ether oxygens (including phenoxy) is 3. The van der Waals surface area contributed by atoms with Gasteiger partial charge in [-0.3, -0.25) is 9.10 Å². The number of benzene rings is 3.